The standard InChI is InChI=1S/C50H73N9O12.C49H71N9O12/c1-9-29(6)40-49(69)71-30(7)41(57-43(63)34(53-42(62)28(4)5)16-13-23-52-50(51)70)46(66)55-36(24-27(2)3)44(64)54-35-21-22-39(61)59(47(35)67)38(26-31-14-11-10-12-15-31)48(68)58(8)37(45(65)56-40)25-32-17-19-33(60)20-18-32;1-26(2)23-35-43(63)53-34-20-21-38(60)58(46(34)66)37(25-30-13-10-9-11-14-30)47(67)57(8)36(24-31-16-18-32(59)19-17-31)44(64)55-39(27(3)4)48(68)70-29(7)40(45(65)54-35)56-42(62)33(52-41(61)28(5)6)15-12-22-51-49(50)69/h10-12,14-15,17-20,27-30,34-41,60-61H,9,13,16,21-26H2,1-8H3,(H,53,62)(H,54,64)(H,55,66)(H,56,65)(H,57,63)(H3,51,52,70);9-11,13-14,16-19,26-29,33-40,59-60H,12,15,20-25H2,1-8H3,(H,52,61)(H,53,63)(H,54,65)(H,55,64)(H,56,62)(H3,50,51,69)/t29?,30-,34+,35?,36+,37+,38+,39+,40+,41+;29-,33-,34?,35-,36-,37-,38-,39-,40?/m10/s1. The molecular formula is C99H144N18O24. The number of hydrogen-bond acceptors (Lipinski definition) is 24. The van der Waals surface area contributed by atoms with E-state index in [1.807, 2.05) is 0 Å². The van der Waals surface area contributed by atoms with Crippen LogP contribution in [0.15, 0.2) is 109 Å². The molecule has 0 aromatic heterocycles. The van der Waals surface area contributed by atoms with Crippen LogP contribution in [0.3, 0.4) is 0 Å². The number of fused-ring (bicyclic) bond motifs is 4. The number of rotatable bonds is 31. The Hall–Kier alpha value is -13.5. The SMILES string of the molecule is CC(C)C[C@@H]1NC(=O)C(NC(=O)[C@H](CCCNC(N)=O)NC(=O)C(C)C)[C@H](C)OC(=O)[C@H](C(C)C)NC(=O)[C@H](Cc2ccc(O)cc2)N(C)C(=O)[C@H](Cc2ccccc2)N2C(=O)C(CC[C@@H]2O)NC1=O.CCC(C)[C@@H]1NC(=O)[C@H](Cc2ccc(O)cc2)N(C)C(=O)[C@H](Cc2ccccc2)N2C(=O)C(CC[C@@H]2O)NC(=O)[C@H](CC(C)C)NC(=O)[C@@H](NC(=O)[C@H](CCCNC(N)=O)NC(=O)C(C)C)[C@@H](C)OC1=O. The molecule has 20 N–H and O–H groups in total. The van der Waals surface area contributed by atoms with Gasteiger partial charge in [-0.15, -0.1) is 0 Å². The summed E-state index contributed by atoms with van der Waals surface area (Å²) in [5.74, 6) is -15.9. The van der Waals surface area contributed by atoms with E-state index in [0.717, 1.165) is 19.6 Å². The predicted octanol–water partition coefficient (Wildman–Crippen LogP) is 1.37. The van der Waals surface area contributed by atoms with Crippen LogP contribution in [0.4, 0.5) is 9.59 Å². The van der Waals surface area contributed by atoms with Crippen LogP contribution in [0.5, 0.6) is 11.5 Å². The third kappa shape index (κ3) is 33.9. The van der Waals surface area contributed by atoms with Gasteiger partial charge in [-0.1, -0.05) is 174 Å². The molecule has 4 heterocycles. The van der Waals surface area contributed by atoms with Crippen LogP contribution in [0, 0.1) is 35.5 Å². The van der Waals surface area contributed by atoms with Crippen LogP contribution in [0.2, 0.25) is 0 Å². The van der Waals surface area contributed by atoms with Crippen molar-refractivity contribution in [2.24, 2.45) is 47.0 Å². The zero-order chi connectivity index (χ0) is 105. The summed E-state index contributed by atoms with van der Waals surface area (Å²) in [5, 5.41) is 75.0. The maximum absolute atomic E-state index is 15.1. The fourth-order valence-electron chi connectivity index (χ4n) is 16.7. The monoisotopic (exact) mass is 1970 g/mol. The molecule has 0 radical (unpaired) electrons. The number of hydrogen-bond donors (Lipinski definition) is 18. The van der Waals surface area contributed by atoms with Crippen molar-refractivity contribution >= 4 is 107 Å². The average molecular weight is 1970 g/mol. The Morgan fingerprint density at radius 2 is 0.752 bits per heavy atom. The molecule has 4 aliphatic heterocycles. The smallest absolute Gasteiger partial charge is 0.329 e. The van der Waals surface area contributed by atoms with Crippen LogP contribution < -0.4 is 75.3 Å². The number of esters is 2. The number of cyclic esters (lactones) is 2. The lowest BCUT2D eigenvalue weighted by atomic mass is 9.94. The van der Waals surface area contributed by atoms with Crippen LogP contribution >= 0.6 is 0 Å². The number of piperidine rings is 2. The second-order valence-electron chi connectivity index (χ2n) is 38.3. The highest BCUT2D eigenvalue weighted by Crippen LogP contribution is 2.30. The number of aliphatic hydroxyl groups is 2. The number of benzene rings is 4. The number of carbonyl (C=O) groups excluding carboxylic acids is 18. The Bertz CT molecular complexity index is 4970. The minimum Gasteiger partial charge on any atom is -0.508 e. The van der Waals surface area contributed by atoms with Gasteiger partial charge in [0.15, 0.2) is 0 Å². The topological polar surface area (TPSA) is 616 Å². The molecule has 4 bridgehead atoms. The maximum Gasteiger partial charge on any atom is 0.329 e. The second kappa shape index (κ2) is 54.3. The van der Waals surface area contributed by atoms with Gasteiger partial charge in [0.1, 0.15) is 121 Å². The minimum absolute atomic E-state index is 0.0246. The average Bonchev–Trinajstić information content (AvgIpc) is 1.68. The van der Waals surface area contributed by atoms with Crippen molar-refractivity contribution < 1.29 is 116 Å². The number of likely N-dealkylation sites (N-methyl/N-ethyl adjacent to an activating group) is 2. The summed E-state index contributed by atoms with van der Waals surface area (Å²) in [6.07, 6.45) is -6.00. The van der Waals surface area contributed by atoms with E-state index in [4.69, 9.17) is 20.9 Å². The van der Waals surface area contributed by atoms with Gasteiger partial charge in [0, 0.05) is 64.7 Å². The largest absolute Gasteiger partial charge is 0.508 e. The lowest BCUT2D eigenvalue weighted by Gasteiger charge is -2.43. The Morgan fingerprint density at radius 1 is 0.418 bits per heavy atom. The first-order valence-corrected chi connectivity index (χ1v) is 48.2. The number of nitrogens with two attached hydrogens (primary N) is 2. The van der Waals surface area contributed by atoms with E-state index in [1.165, 1.54) is 52.2 Å². The molecule has 0 saturated carbocycles. The number of carbonyl (C=O) groups is 18. The lowest BCUT2D eigenvalue weighted by molar-refractivity contribution is -0.165. The zero-order valence-electron chi connectivity index (χ0n) is 83.2. The van der Waals surface area contributed by atoms with E-state index in [2.05, 4.69) is 63.8 Å². The van der Waals surface area contributed by atoms with Crippen molar-refractivity contribution in [3.63, 3.8) is 0 Å². The Kier molecular flexibility index (Phi) is 44.1. The molecule has 4 aromatic rings. The van der Waals surface area contributed by atoms with Crippen molar-refractivity contribution in [1.82, 2.24) is 83.4 Å². The highest BCUT2D eigenvalue weighted by Gasteiger charge is 2.50. The van der Waals surface area contributed by atoms with E-state index in [-0.39, 0.29) is 126 Å². The molecule has 0 spiro atoms. The van der Waals surface area contributed by atoms with Gasteiger partial charge in [-0.05, 0) is 148 Å². The first kappa shape index (κ1) is 114. The van der Waals surface area contributed by atoms with Gasteiger partial charge in [0.2, 0.25) is 82.7 Å². The van der Waals surface area contributed by atoms with E-state index in [0.29, 0.717) is 28.7 Å². The zero-order valence-corrected chi connectivity index (χ0v) is 83.2. The number of phenolic OH excluding ortho intramolecular Hbond substituents is 2. The van der Waals surface area contributed by atoms with Crippen molar-refractivity contribution in [3.8, 4) is 11.5 Å². The molecule has 19 atom stereocenters. The fourth-order valence-corrected chi connectivity index (χ4v) is 16.7. The first-order valence-electron chi connectivity index (χ1n) is 48.2. The molecular weight excluding hydrogens is 1830 g/mol. The molecule has 42 heteroatoms. The van der Waals surface area contributed by atoms with E-state index < -0.39 is 240 Å². The van der Waals surface area contributed by atoms with Crippen LogP contribution in [0.1, 0.15) is 190 Å². The highest BCUT2D eigenvalue weighted by atomic mass is 16.6. The van der Waals surface area contributed by atoms with Crippen molar-refractivity contribution in [1.29, 1.82) is 0 Å². The summed E-state index contributed by atoms with van der Waals surface area (Å²) in [4.78, 5) is 257. The number of aliphatic hydroxyl groups excluding tert-OH is 2. The molecule has 4 saturated heterocycles. The lowest BCUT2D eigenvalue weighted by Crippen LogP contribution is -2.65. The van der Waals surface area contributed by atoms with Crippen molar-refractivity contribution in [3.05, 3.63) is 131 Å². The molecule has 774 valence electrons. The molecule has 8 rings (SSSR count). The summed E-state index contributed by atoms with van der Waals surface area (Å²) in [6.45, 7) is 23.1. The third-order valence-corrected chi connectivity index (χ3v) is 25.2. The predicted molar refractivity (Wildman–Crippen MR) is 516 cm³/mol. The normalized spacial score (nSPS) is 24.7. The number of aromatic hydroxyl groups is 2. The molecule has 42 nitrogen and oxygen atoms in total. The quantitative estimate of drug-likeness (QED) is 0.0250. The second-order valence-corrected chi connectivity index (χ2v) is 38.3. The number of urea groups is 2. The number of nitrogens with zero attached hydrogens (tertiary/aromatic N) is 4. The summed E-state index contributed by atoms with van der Waals surface area (Å²) < 4.78 is 11.9. The highest BCUT2D eigenvalue weighted by molar-refractivity contribution is 6.01. The van der Waals surface area contributed by atoms with Gasteiger partial charge in [0.25, 0.3) is 0 Å². The number of ether oxygens (including phenoxy) is 2. The minimum atomic E-state index is -1.72. The fraction of sp³-hybridized carbons (Fsp3) is 0.576. The molecule has 0 aliphatic carbocycles. The van der Waals surface area contributed by atoms with Gasteiger partial charge < -0.3 is 125 Å². The van der Waals surface area contributed by atoms with Gasteiger partial charge >= 0.3 is 24.0 Å². The summed E-state index contributed by atoms with van der Waals surface area (Å²) in [6, 6.07) is 8.15. The Labute approximate surface area is 822 Å². The van der Waals surface area contributed by atoms with Gasteiger partial charge in [-0.3, -0.25) is 67.1 Å². The number of phenols is 2. The third-order valence-electron chi connectivity index (χ3n) is 25.2. The molecule has 4 unspecified atom stereocenters. The number of nitrogens with one attached hydrogen (secondary N) is 12. The van der Waals surface area contributed by atoms with Crippen molar-refractivity contribution in [2.45, 2.75) is 302 Å². The molecule has 4 aliphatic rings. The van der Waals surface area contributed by atoms with E-state index in [1.54, 1.807) is 168 Å². The Morgan fingerprint density at radius 3 is 1.08 bits per heavy atom. The van der Waals surface area contributed by atoms with E-state index >= 15 is 9.59 Å². The van der Waals surface area contributed by atoms with Crippen LogP contribution in [-0.4, -0.2) is 283 Å². The molecule has 18 amide bonds. The van der Waals surface area contributed by atoms with Crippen LogP contribution in [-0.2, 0) is 112 Å². The number of primary amides is 2. The van der Waals surface area contributed by atoms with E-state index in [9.17, 15) is 97.1 Å². The Balaban J connectivity index is 0.000000383. The summed E-state index contributed by atoms with van der Waals surface area (Å²) >= 11 is 0. The summed E-state index contributed by atoms with van der Waals surface area (Å²) in [7, 11) is 2.74. The first-order chi connectivity index (χ1) is 66.5. The molecule has 4 aromatic carbocycles. The number of amides is 18. The van der Waals surface area contributed by atoms with Gasteiger partial charge in [0.05, 0.1) is 0 Å². The van der Waals surface area contributed by atoms with Gasteiger partial charge in [-0.25, -0.2) is 19.2 Å². The van der Waals surface area contributed by atoms with Crippen molar-refractivity contribution in [2.75, 3.05) is 27.2 Å². The molecule has 141 heavy (non-hydrogen) atoms. The summed E-state index contributed by atoms with van der Waals surface area (Å²) in [5.41, 5.74) is 12.7. The van der Waals surface area contributed by atoms with Gasteiger partial charge in [-0.2, -0.15) is 0 Å². The molecule has 4 fully saturated rings. The maximum atomic E-state index is 15.1. The van der Waals surface area contributed by atoms with Crippen LogP contribution in [0.25, 0.3) is 0 Å².